The Labute approximate surface area is 113 Å². The monoisotopic (exact) mass is 247 g/mol. The number of fused-ring (bicyclic) bond motifs is 1. The second-order valence-electron chi connectivity index (χ2n) is 5.20. The van der Waals surface area contributed by atoms with Crippen molar-refractivity contribution in [3.63, 3.8) is 0 Å². The fourth-order valence-corrected chi connectivity index (χ4v) is 2.29. The molecule has 0 amide bonds. The van der Waals surface area contributed by atoms with Gasteiger partial charge in [0.2, 0.25) is 0 Å². The van der Waals surface area contributed by atoms with E-state index in [1.54, 1.807) is 0 Å². The van der Waals surface area contributed by atoms with Crippen molar-refractivity contribution in [1.82, 2.24) is 4.98 Å². The van der Waals surface area contributed by atoms with Gasteiger partial charge < -0.3 is 0 Å². The van der Waals surface area contributed by atoms with E-state index in [0.29, 0.717) is 5.92 Å². The summed E-state index contributed by atoms with van der Waals surface area (Å²) < 4.78 is 0. The Kier molecular flexibility index (Phi) is 3.04. The molecule has 1 aromatic heterocycles. The Morgan fingerprint density at radius 2 is 1.63 bits per heavy atom. The highest BCUT2D eigenvalue weighted by atomic mass is 14.7. The van der Waals surface area contributed by atoms with E-state index in [2.05, 4.69) is 55.2 Å². The summed E-state index contributed by atoms with van der Waals surface area (Å²) >= 11 is 0. The molecular weight excluding hydrogens is 230 g/mol. The van der Waals surface area contributed by atoms with Gasteiger partial charge in [-0.3, -0.25) is 4.98 Å². The maximum Gasteiger partial charge on any atom is 0.0708 e. The van der Waals surface area contributed by atoms with E-state index < -0.39 is 0 Å². The molecule has 2 aromatic carbocycles. The third kappa shape index (κ3) is 2.37. The molecule has 0 aliphatic rings. The van der Waals surface area contributed by atoms with Crippen LogP contribution in [0.1, 0.15) is 25.3 Å². The number of benzene rings is 2. The topological polar surface area (TPSA) is 12.9 Å². The van der Waals surface area contributed by atoms with E-state index >= 15 is 0 Å². The van der Waals surface area contributed by atoms with Gasteiger partial charge in [0.25, 0.3) is 0 Å². The Hall–Kier alpha value is -2.15. The summed E-state index contributed by atoms with van der Waals surface area (Å²) in [6, 6.07) is 19.1. The minimum atomic E-state index is 0.553. The van der Waals surface area contributed by atoms with Crippen LogP contribution in [0.3, 0.4) is 0 Å². The van der Waals surface area contributed by atoms with E-state index in [-0.39, 0.29) is 0 Å². The van der Waals surface area contributed by atoms with Gasteiger partial charge in [-0.2, -0.15) is 0 Å². The maximum atomic E-state index is 4.55. The first kappa shape index (κ1) is 11.9. The third-order valence-electron chi connectivity index (χ3n) is 3.48. The molecule has 0 radical (unpaired) electrons. The zero-order chi connectivity index (χ0) is 13.2. The van der Waals surface area contributed by atoms with Gasteiger partial charge in [-0.15, -0.1) is 0 Å². The van der Waals surface area contributed by atoms with E-state index in [0.717, 1.165) is 5.69 Å². The first-order chi connectivity index (χ1) is 9.24. The molecule has 0 bridgehead atoms. The number of rotatable bonds is 2. The molecule has 0 aliphatic heterocycles. The van der Waals surface area contributed by atoms with Gasteiger partial charge in [0.05, 0.1) is 5.69 Å². The highest BCUT2D eigenvalue weighted by Crippen LogP contribution is 2.25. The van der Waals surface area contributed by atoms with Crippen LogP contribution in [0.2, 0.25) is 0 Å². The summed E-state index contributed by atoms with van der Waals surface area (Å²) in [5, 5.41) is 2.46. The zero-order valence-electron chi connectivity index (χ0n) is 11.3. The largest absolute Gasteiger partial charge is 0.256 e. The van der Waals surface area contributed by atoms with Crippen molar-refractivity contribution in [2.24, 2.45) is 0 Å². The second kappa shape index (κ2) is 4.85. The van der Waals surface area contributed by atoms with Crippen LogP contribution in [0.15, 0.2) is 60.8 Å². The zero-order valence-corrected chi connectivity index (χ0v) is 11.3. The lowest BCUT2D eigenvalue weighted by atomic mass is 9.99. The number of pyridine rings is 1. The van der Waals surface area contributed by atoms with Crippen molar-refractivity contribution in [3.8, 4) is 11.3 Å². The van der Waals surface area contributed by atoms with Crippen LogP contribution in [0.5, 0.6) is 0 Å². The lowest BCUT2D eigenvalue weighted by molar-refractivity contribution is 0.869. The molecule has 0 N–H and O–H groups in total. The maximum absolute atomic E-state index is 4.55. The van der Waals surface area contributed by atoms with Gasteiger partial charge in [-0.25, -0.2) is 0 Å². The molecule has 0 atom stereocenters. The molecule has 1 heterocycles. The van der Waals surface area contributed by atoms with Gasteiger partial charge in [0.15, 0.2) is 0 Å². The molecule has 3 aromatic rings. The lowest BCUT2D eigenvalue weighted by Gasteiger charge is -2.08. The molecule has 94 valence electrons. The van der Waals surface area contributed by atoms with Crippen LogP contribution in [0.25, 0.3) is 22.0 Å². The third-order valence-corrected chi connectivity index (χ3v) is 3.48. The van der Waals surface area contributed by atoms with E-state index in [9.17, 15) is 0 Å². The fraction of sp³-hybridized carbons (Fsp3) is 0.167. The van der Waals surface area contributed by atoms with E-state index in [1.165, 1.54) is 21.9 Å². The summed E-state index contributed by atoms with van der Waals surface area (Å²) in [5.74, 6) is 0.553. The molecule has 19 heavy (non-hydrogen) atoms. The minimum absolute atomic E-state index is 0.553. The van der Waals surface area contributed by atoms with E-state index in [4.69, 9.17) is 0 Å². The van der Waals surface area contributed by atoms with Crippen LogP contribution < -0.4 is 0 Å². The van der Waals surface area contributed by atoms with Crippen molar-refractivity contribution < 1.29 is 0 Å². The van der Waals surface area contributed by atoms with Crippen LogP contribution in [0.4, 0.5) is 0 Å². The highest BCUT2D eigenvalue weighted by molar-refractivity contribution is 5.85. The number of nitrogens with zero attached hydrogens (tertiary/aromatic N) is 1. The van der Waals surface area contributed by atoms with Crippen LogP contribution in [0, 0.1) is 0 Å². The van der Waals surface area contributed by atoms with Gasteiger partial charge in [0.1, 0.15) is 0 Å². The standard InChI is InChI=1S/C18H17N/c1-13(2)15-8-9-16-12-19-18(11-17(16)10-15)14-6-4-3-5-7-14/h3-13H,1-2H3. The summed E-state index contributed by atoms with van der Waals surface area (Å²) in [5.41, 5.74) is 3.58. The molecule has 1 nitrogen and oxygen atoms in total. The van der Waals surface area contributed by atoms with Gasteiger partial charge >= 0.3 is 0 Å². The van der Waals surface area contributed by atoms with Crippen molar-refractivity contribution in [3.05, 3.63) is 66.4 Å². The quantitative estimate of drug-likeness (QED) is 0.619. The Morgan fingerprint density at radius 3 is 2.37 bits per heavy atom. The van der Waals surface area contributed by atoms with Crippen LogP contribution in [-0.4, -0.2) is 4.98 Å². The van der Waals surface area contributed by atoms with Gasteiger partial charge in [0, 0.05) is 17.1 Å². The fourth-order valence-electron chi connectivity index (χ4n) is 2.29. The molecule has 0 spiro atoms. The number of hydrogen-bond acceptors (Lipinski definition) is 1. The van der Waals surface area contributed by atoms with Crippen molar-refractivity contribution in [2.45, 2.75) is 19.8 Å². The van der Waals surface area contributed by atoms with Crippen molar-refractivity contribution in [2.75, 3.05) is 0 Å². The Morgan fingerprint density at radius 1 is 0.842 bits per heavy atom. The predicted molar refractivity (Wildman–Crippen MR) is 81.3 cm³/mol. The number of aromatic nitrogens is 1. The first-order valence-electron chi connectivity index (χ1n) is 6.69. The molecule has 0 saturated heterocycles. The van der Waals surface area contributed by atoms with E-state index in [1.807, 2.05) is 24.4 Å². The average Bonchev–Trinajstić information content (AvgIpc) is 2.47. The molecule has 1 heteroatoms. The molecular formula is C18H17N. The molecule has 0 aliphatic carbocycles. The SMILES string of the molecule is CC(C)c1ccc2cnc(-c3ccccc3)cc2c1. The smallest absolute Gasteiger partial charge is 0.0708 e. The highest BCUT2D eigenvalue weighted by Gasteiger charge is 2.03. The van der Waals surface area contributed by atoms with Gasteiger partial charge in [-0.1, -0.05) is 62.4 Å². The average molecular weight is 247 g/mol. The molecule has 3 rings (SSSR count). The normalized spacial score (nSPS) is 11.1. The number of hydrogen-bond donors (Lipinski definition) is 0. The molecule has 0 saturated carbocycles. The Balaban J connectivity index is 2.14. The lowest BCUT2D eigenvalue weighted by Crippen LogP contribution is -1.88. The molecule has 0 unspecified atom stereocenters. The van der Waals surface area contributed by atoms with Crippen LogP contribution >= 0.6 is 0 Å². The first-order valence-corrected chi connectivity index (χ1v) is 6.69. The minimum Gasteiger partial charge on any atom is -0.256 e. The summed E-state index contributed by atoms with van der Waals surface area (Å²) in [6.07, 6.45) is 1.96. The van der Waals surface area contributed by atoms with Crippen molar-refractivity contribution >= 4 is 10.8 Å². The Bertz CT molecular complexity index is 699. The molecule has 0 fully saturated rings. The van der Waals surface area contributed by atoms with Crippen LogP contribution in [-0.2, 0) is 0 Å². The second-order valence-corrected chi connectivity index (χ2v) is 5.20. The van der Waals surface area contributed by atoms with Crippen molar-refractivity contribution in [1.29, 1.82) is 0 Å². The van der Waals surface area contributed by atoms with Gasteiger partial charge in [-0.05, 0) is 22.9 Å². The summed E-state index contributed by atoms with van der Waals surface area (Å²) in [7, 11) is 0. The summed E-state index contributed by atoms with van der Waals surface area (Å²) in [6.45, 7) is 4.45. The summed E-state index contributed by atoms with van der Waals surface area (Å²) in [4.78, 5) is 4.55. The predicted octanol–water partition coefficient (Wildman–Crippen LogP) is 5.03.